The Kier molecular flexibility index (Phi) is 4.45. The SMILES string of the molecule is Cc1cc(C)n(CCC(=O)N2CCC[C@H](c3n[nH]c(C)n3)C2)n1. The lowest BCUT2D eigenvalue weighted by Gasteiger charge is -2.31. The summed E-state index contributed by atoms with van der Waals surface area (Å²) in [6.07, 6.45) is 2.53. The second-order valence-electron chi connectivity index (χ2n) is 6.36. The van der Waals surface area contributed by atoms with E-state index in [1.54, 1.807) is 0 Å². The molecule has 2 aromatic rings. The average Bonchev–Trinajstić information content (AvgIpc) is 3.10. The van der Waals surface area contributed by atoms with Crippen LogP contribution in [-0.4, -0.2) is 48.9 Å². The van der Waals surface area contributed by atoms with Crippen molar-refractivity contribution in [2.45, 2.75) is 52.5 Å². The number of nitrogens with zero attached hydrogens (tertiary/aromatic N) is 5. The van der Waals surface area contributed by atoms with Crippen molar-refractivity contribution in [3.8, 4) is 0 Å². The van der Waals surface area contributed by atoms with Crippen LogP contribution < -0.4 is 0 Å². The molecule has 0 radical (unpaired) electrons. The molecule has 1 aliphatic heterocycles. The van der Waals surface area contributed by atoms with E-state index >= 15 is 0 Å². The Bertz CT molecular complexity index is 689. The monoisotopic (exact) mass is 316 g/mol. The summed E-state index contributed by atoms with van der Waals surface area (Å²) in [5.74, 6) is 2.09. The van der Waals surface area contributed by atoms with Gasteiger partial charge in [-0.15, -0.1) is 0 Å². The van der Waals surface area contributed by atoms with Crippen molar-refractivity contribution in [1.29, 1.82) is 0 Å². The fraction of sp³-hybridized carbons (Fsp3) is 0.625. The molecule has 0 spiro atoms. The smallest absolute Gasteiger partial charge is 0.224 e. The highest BCUT2D eigenvalue weighted by Crippen LogP contribution is 2.24. The highest BCUT2D eigenvalue weighted by molar-refractivity contribution is 5.76. The van der Waals surface area contributed by atoms with Gasteiger partial charge in [0.05, 0.1) is 5.69 Å². The minimum Gasteiger partial charge on any atom is -0.342 e. The number of aromatic nitrogens is 5. The van der Waals surface area contributed by atoms with E-state index < -0.39 is 0 Å². The van der Waals surface area contributed by atoms with Crippen molar-refractivity contribution < 1.29 is 4.79 Å². The van der Waals surface area contributed by atoms with Crippen LogP contribution in [0.3, 0.4) is 0 Å². The van der Waals surface area contributed by atoms with Gasteiger partial charge >= 0.3 is 0 Å². The summed E-state index contributed by atoms with van der Waals surface area (Å²) in [5.41, 5.74) is 2.09. The Balaban J connectivity index is 1.57. The Labute approximate surface area is 136 Å². The van der Waals surface area contributed by atoms with E-state index in [9.17, 15) is 4.79 Å². The Hall–Kier alpha value is -2.18. The van der Waals surface area contributed by atoms with Crippen molar-refractivity contribution in [2.24, 2.45) is 0 Å². The standard InChI is InChI=1S/C16H24N6O/c1-11-9-12(2)22(20-11)8-6-15(23)21-7-4-5-14(10-21)16-17-13(3)18-19-16/h9,14H,4-8,10H2,1-3H3,(H,17,18,19)/t14-/m0/s1. The molecular weight excluding hydrogens is 292 g/mol. The average molecular weight is 316 g/mol. The molecule has 124 valence electrons. The van der Waals surface area contributed by atoms with E-state index in [4.69, 9.17) is 0 Å². The molecule has 0 saturated carbocycles. The molecule has 3 heterocycles. The highest BCUT2D eigenvalue weighted by Gasteiger charge is 2.27. The van der Waals surface area contributed by atoms with Crippen molar-refractivity contribution >= 4 is 5.91 Å². The van der Waals surface area contributed by atoms with E-state index in [-0.39, 0.29) is 11.8 Å². The molecule has 0 aliphatic carbocycles. The van der Waals surface area contributed by atoms with Gasteiger partial charge in [-0.25, -0.2) is 4.98 Å². The predicted molar refractivity (Wildman–Crippen MR) is 86.0 cm³/mol. The lowest BCUT2D eigenvalue weighted by atomic mass is 9.97. The number of aromatic amines is 1. The number of hydrogen-bond acceptors (Lipinski definition) is 4. The van der Waals surface area contributed by atoms with Gasteiger partial charge in [-0.05, 0) is 39.7 Å². The highest BCUT2D eigenvalue weighted by atomic mass is 16.2. The van der Waals surface area contributed by atoms with Gasteiger partial charge in [-0.2, -0.15) is 10.2 Å². The number of piperidine rings is 1. The van der Waals surface area contributed by atoms with Gasteiger partial charge in [-0.1, -0.05) is 0 Å². The third-order valence-electron chi connectivity index (χ3n) is 4.39. The minimum atomic E-state index is 0.189. The van der Waals surface area contributed by atoms with Crippen LogP contribution in [0.4, 0.5) is 0 Å². The number of H-pyrrole nitrogens is 1. The van der Waals surface area contributed by atoms with Crippen molar-refractivity contribution in [3.63, 3.8) is 0 Å². The molecule has 1 N–H and O–H groups in total. The molecule has 1 saturated heterocycles. The van der Waals surface area contributed by atoms with Crippen LogP contribution in [0, 0.1) is 20.8 Å². The van der Waals surface area contributed by atoms with E-state index in [0.29, 0.717) is 19.5 Å². The van der Waals surface area contributed by atoms with Crippen LogP contribution in [0.1, 0.15) is 48.2 Å². The molecule has 7 nitrogen and oxygen atoms in total. The third-order valence-corrected chi connectivity index (χ3v) is 4.39. The largest absolute Gasteiger partial charge is 0.342 e. The van der Waals surface area contributed by atoms with Crippen LogP contribution in [0.2, 0.25) is 0 Å². The zero-order valence-corrected chi connectivity index (χ0v) is 14.0. The maximum absolute atomic E-state index is 12.5. The number of amides is 1. The van der Waals surface area contributed by atoms with Gasteiger partial charge < -0.3 is 4.90 Å². The molecule has 23 heavy (non-hydrogen) atoms. The number of carbonyl (C=O) groups is 1. The van der Waals surface area contributed by atoms with Crippen molar-refractivity contribution in [1.82, 2.24) is 29.9 Å². The first-order chi connectivity index (χ1) is 11.0. The maximum atomic E-state index is 12.5. The van der Waals surface area contributed by atoms with Gasteiger partial charge in [-0.3, -0.25) is 14.6 Å². The zero-order chi connectivity index (χ0) is 16.4. The van der Waals surface area contributed by atoms with Gasteiger partial charge in [0.1, 0.15) is 5.82 Å². The lowest BCUT2D eigenvalue weighted by molar-refractivity contribution is -0.132. The van der Waals surface area contributed by atoms with Crippen LogP contribution in [0.15, 0.2) is 6.07 Å². The number of nitrogens with one attached hydrogen (secondary N) is 1. The van der Waals surface area contributed by atoms with Gasteiger partial charge in [0.15, 0.2) is 5.82 Å². The van der Waals surface area contributed by atoms with Crippen LogP contribution >= 0.6 is 0 Å². The molecular formula is C16H24N6O. The van der Waals surface area contributed by atoms with Crippen molar-refractivity contribution in [3.05, 3.63) is 29.1 Å². The Morgan fingerprint density at radius 3 is 2.87 bits per heavy atom. The quantitative estimate of drug-likeness (QED) is 0.931. The topological polar surface area (TPSA) is 79.7 Å². The number of hydrogen-bond donors (Lipinski definition) is 1. The normalized spacial score (nSPS) is 18.4. The van der Waals surface area contributed by atoms with Crippen LogP contribution in [-0.2, 0) is 11.3 Å². The molecule has 1 amide bonds. The van der Waals surface area contributed by atoms with E-state index in [1.165, 1.54) is 0 Å². The van der Waals surface area contributed by atoms with Crippen molar-refractivity contribution in [2.75, 3.05) is 13.1 Å². The van der Waals surface area contributed by atoms with E-state index in [0.717, 1.165) is 42.4 Å². The van der Waals surface area contributed by atoms with Gasteiger partial charge in [0.25, 0.3) is 0 Å². The summed E-state index contributed by atoms with van der Waals surface area (Å²) < 4.78 is 1.91. The maximum Gasteiger partial charge on any atom is 0.224 e. The summed E-state index contributed by atoms with van der Waals surface area (Å²) in [4.78, 5) is 18.9. The lowest BCUT2D eigenvalue weighted by Crippen LogP contribution is -2.39. The van der Waals surface area contributed by atoms with Crippen LogP contribution in [0.5, 0.6) is 0 Å². The second kappa shape index (κ2) is 6.52. The molecule has 0 aromatic carbocycles. The summed E-state index contributed by atoms with van der Waals surface area (Å²) in [6, 6.07) is 2.03. The first-order valence-corrected chi connectivity index (χ1v) is 8.20. The first-order valence-electron chi connectivity index (χ1n) is 8.20. The fourth-order valence-electron chi connectivity index (χ4n) is 3.22. The fourth-order valence-corrected chi connectivity index (χ4v) is 3.22. The van der Waals surface area contributed by atoms with Crippen LogP contribution in [0.25, 0.3) is 0 Å². The number of rotatable bonds is 4. The summed E-state index contributed by atoms with van der Waals surface area (Å²) in [5, 5.41) is 11.6. The van der Waals surface area contributed by atoms with Gasteiger partial charge in [0.2, 0.25) is 5.91 Å². The second-order valence-corrected chi connectivity index (χ2v) is 6.36. The third kappa shape index (κ3) is 3.60. The predicted octanol–water partition coefficient (Wildman–Crippen LogP) is 1.72. The minimum absolute atomic E-state index is 0.189. The Morgan fingerprint density at radius 2 is 2.22 bits per heavy atom. The van der Waals surface area contributed by atoms with E-state index in [1.807, 2.05) is 36.4 Å². The molecule has 1 aliphatic rings. The molecule has 2 aromatic heterocycles. The summed E-state index contributed by atoms with van der Waals surface area (Å²) >= 11 is 0. The molecule has 0 bridgehead atoms. The number of likely N-dealkylation sites (tertiary alicyclic amines) is 1. The number of aryl methyl sites for hydroxylation is 4. The molecule has 1 atom stereocenters. The van der Waals surface area contributed by atoms with Gasteiger partial charge in [0, 0.05) is 37.7 Å². The number of carbonyl (C=O) groups excluding carboxylic acids is 1. The molecule has 3 rings (SSSR count). The molecule has 1 fully saturated rings. The molecule has 7 heteroatoms. The molecule has 0 unspecified atom stereocenters. The summed E-state index contributed by atoms with van der Waals surface area (Å²) in [6.45, 7) is 8.07. The Morgan fingerprint density at radius 1 is 1.39 bits per heavy atom. The first kappa shape index (κ1) is 15.7. The zero-order valence-electron chi connectivity index (χ0n) is 14.0. The summed E-state index contributed by atoms with van der Waals surface area (Å²) in [7, 11) is 0. The van der Waals surface area contributed by atoms with E-state index in [2.05, 4.69) is 20.3 Å².